The van der Waals surface area contributed by atoms with Crippen molar-refractivity contribution in [3.05, 3.63) is 76.3 Å². The van der Waals surface area contributed by atoms with E-state index in [0.29, 0.717) is 48.3 Å². The number of ether oxygens (including phenoxy) is 5. The summed E-state index contributed by atoms with van der Waals surface area (Å²) >= 11 is 0. The molecular weight excluding hydrogens is 604 g/mol. The van der Waals surface area contributed by atoms with Crippen molar-refractivity contribution in [1.82, 2.24) is 9.80 Å². The van der Waals surface area contributed by atoms with Gasteiger partial charge in [-0.2, -0.15) is 0 Å². The van der Waals surface area contributed by atoms with Crippen molar-refractivity contribution in [3.8, 4) is 28.7 Å². The van der Waals surface area contributed by atoms with Crippen LogP contribution in [0.15, 0.2) is 48.5 Å². The molecule has 3 heterocycles. The van der Waals surface area contributed by atoms with Gasteiger partial charge in [0, 0.05) is 31.2 Å². The van der Waals surface area contributed by atoms with Crippen LogP contribution < -0.4 is 23.7 Å². The molecule has 3 aromatic rings. The summed E-state index contributed by atoms with van der Waals surface area (Å²) in [6.07, 6.45) is 4.79. The van der Waals surface area contributed by atoms with E-state index in [1.807, 2.05) is 24.3 Å². The molecule has 1 saturated heterocycles. The number of hydrogen-bond acceptors (Lipinski definition) is 7. The predicted octanol–water partition coefficient (Wildman–Crippen LogP) is 7.53. The van der Waals surface area contributed by atoms with Crippen LogP contribution in [-0.4, -0.2) is 70.4 Å². The molecule has 3 aliphatic heterocycles. The highest BCUT2D eigenvalue weighted by Crippen LogP contribution is 2.49. The summed E-state index contributed by atoms with van der Waals surface area (Å²) in [5, 5.41) is 0. The predicted molar refractivity (Wildman–Crippen MR) is 188 cm³/mol. The number of fused-ring (bicyclic) bond motifs is 4. The number of benzene rings is 3. The molecule has 0 aliphatic carbocycles. The van der Waals surface area contributed by atoms with Gasteiger partial charge >= 0.3 is 0 Å². The van der Waals surface area contributed by atoms with E-state index in [4.69, 9.17) is 23.7 Å². The van der Waals surface area contributed by atoms with E-state index in [0.717, 1.165) is 73.8 Å². The second-order valence-corrected chi connectivity index (χ2v) is 14.0. The van der Waals surface area contributed by atoms with Crippen LogP contribution in [0.4, 0.5) is 0 Å². The van der Waals surface area contributed by atoms with Crippen LogP contribution in [0.25, 0.3) is 0 Å². The summed E-state index contributed by atoms with van der Waals surface area (Å²) in [7, 11) is 6.78. The van der Waals surface area contributed by atoms with Gasteiger partial charge in [-0.05, 0) is 114 Å². The standard InChI is InChI=1S/C40H52N2O6/c1-8-26-23-41-15-13-28-19-36(44-4)38(46-6)21-32(28)34(41)17-30(26)18-35-33-22-39(47-7)37(45-5)20-29(33)14-16-42(35)40(43)27-9-11-31(12-10-27)48-24-25(2)3/h9-12,19-22,25-26,30,34-35H,8,13-18,23-24H2,1-7H3/t26-,30-,34+,35-/m1/s1. The lowest BCUT2D eigenvalue weighted by Gasteiger charge is -2.49. The van der Waals surface area contributed by atoms with Crippen LogP contribution in [-0.2, 0) is 12.8 Å². The molecule has 0 radical (unpaired) electrons. The first kappa shape index (κ1) is 34.0. The van der Waals surface area contributed by atoms with Gasteiger partial charge < -0.3 is 28.6 Å². The Morgan fingerprint density at radius 2 is 1.38 bits per heavy atom. The average molecular weight is 657 g/mol. The topological polar surface area (TPSA) is 69.7 Å². The lowest BCUT2D eigenvalue weighted by molar-refractivity contribution is 0.0287. The van der Waals surface area contributed by atoms with Crippen molar-refractivity contribution in [1.29, 1.82) is 0 Å². The van der Waals surface area contributed by atoms with Gasteiger partial charge in [-0.1, -0.05) is 27.2 Å². The Kier molecular flexibility index (Phi) is 10.4. The number of piperidine rings is 1. The summed E-state index contributed by atoms with van der Waals surface area (Å²) in [6.45, 7) is 9.97. The molecule has 4 atom stereocenters. The number of methoxy groups -OCH3 is 4. The Hall–Kier alpha value is -3.91. The molecule has 0 spiro atoms. The molecule has 0 aromatic heterocycles. The van der Waals surface area contributed by atoms with E-state index in [1.54, 1.807) is 28.4 Å². The molecule has 0 unspecified atom stereocenters. The lowest BCUT2D eigenvalue weighted by atomic mass is 9.72. The first-order valence-electron chi connectivity index (χ1n) is 17.6. The minimum absolute atomic E-state index is 0.0566. The van der Waals surface area contributed by atoms with Crippen molar-refractivity contribution in [2.45, 2.75) is 65.0 Å². The third kappa shape index (κ3) is 6.69. The monoisotopic (exact) mass is 656 g/mol. The zero-order chi connectivity index (χ0) is 33.9. The summed E-state index contributed by atoms with van der Waals surface area (Å²) in [5.74, 6) is 5.23. The zero-order valence-electron chi connectivity index (χ0n) is 29.7. The number of carbonyl (C=O) groups excluding carboxylic acids is 1. The molecule has 1 amide bonds. The van der Waals surface area contributed by atoms with Crippen molar-refractivity contribution in [2.75, 3.05) is 54.7 Å². The second kappa shape index (κ2) is 14.7. The number of carbonyl (C=O) groups is 1. The van der Waals surface area contributed by atoms with Gasteiger partial charge in [-0.25, -0.2) is 0 Å². The zero-order valence-corrected chi connectivity index (χ0v) is 29.7. The number of hydrogen-bond donors (Lipinski definition) is 0. The third-order valence-electron chi connectivity index (χ3n) is 10.8. The van der Waals surface area contributed by atoms with Crippen molar-refractivity contribution in [2.24, 2.45) is 17.8 Å². The molecule has 258 valence electrons. The van der Waals surface area contributed by atoms with E-state index in [9.17, 15) is 4.79 Å². The van der Waals surface area contributed by atoms with Crippen molar-refractivity contribution >= 4 is 5.91 Å². The van der Waals surface area contributed by atoms with Crippen LogP contribution in [0.3, 0.4) is 0 Å². The molecule has 3 aromatic carbocycles. The Morgan fingerprint density at radius 3 is 1.98 bits per heavy atom. The van der Waals surface area contributed by atoms with Crippen LogP contribution in [0.2, 0.25) is 0 Å². The van der Waals surface area contributed by atoms with Crippen molar-refractivity contribution < 1.29 is 28.5 Å². The molecule has 3 aliphatic rings. The van der Waals surface area contributed by atoms with Crippen molar-refractivity contribution in [3.63, 3.8) is 0 Å². The largest absolute Gasteiger partial charge is 0.493 e. The van der Waals surface area contributed by atoms with Gasteiger partial charge in [-0.15, -0.1) is 0 Å². The second-order valence-electron chi connectivity index (χ2n) is 14.0. The van der Waals surface area contributed by atoms with Gasteiger partial charge in [-0.3, -0.25) is 9.69 Å². The molecule has 0 saturated carbocycles. The highest BCUT2D eigenvalue weighted by atomic mass is 16.5. The smallest absolute Gasteiger partial charge is 0.254 e. The van der Waals surface area contributed by atoms with E-state index in [1.165, 1.54) is 16.7 Å². The number of nitrogens with zero attached hydrogens (tertiary/aromatic N) is 2. The van der Waals surface area contributed by atoms with Gasteiger partial charge in [0.15, 0.2) is 23.0 Å². The molecule has 0 bridgehead atoms. The Labute approximate surface area is 286 Å². The third-order valence-corrected chi connectivity index (χ3v) is 10.8. The van der Waals surface area contributed by atoms with Gasteiger partial charge in [0.25, 0.3) is 5.91 Å². The van der Waals surface area contributed by atoms with E-state index >= 15 is 0 Å². The molecule has 8 nitrogen and oxygen atoms in total. The molecule has 48 heavy (non-hydrogen) atoms. The normalized spacial score (nSPS) is 22.0. The van der Waals surface area contributed by atoms with Crippen LogP contribution in [0.5, 0.6) is 28.7 Å². The molecular formula is C40H52N2O6. The summed E-state index contributed by atoms with van der Waals surface area (Å²) in [6, 6.07) is 16.5. The van der Waals surface area contributed by atoms with Gasteiger partial charge in [0.05, 0.1) is 41.1 Å². The van der Waals surface area contributed by atoms with E-state index < -0.39 is 0 Å². The first-order valence-corrected chi connectivity index (χ1v) is 17.6. The maximum Gasteiger partial charge on any atom is 0.254 e. The summed E-state index contributed by atoms with van der Waals surface area (Å²) < 4.78 is 28.8. The summed E-state index contributed by atoms with van der Waals surface area (Å²) in [5.41, 5.74) is 5.77. The summed E-state index contributed by atoms with van der Waals surface area (Å²) in [4.78, 5) is 19.2. The number of amides is 1. The lowest BCUT2D eigenvalue weighted by Crippen LogP contribution is -2.47. The molecule has 6 rings (SSSR count). The maximum atomic E-state index is 14.4. The minimum Gasteiger partial charge on any atom is -0.493 e. The SMILES string of the molecule is CC[C@@H]1CN2CCc3cc(OC)c(OC)cc3[C@@H]2C[C@@H]1C[C@@H]1c2cc(OC)c(OC)cc2CCN1C(=O)c1ccc(OCC(C)C)cc1. The molecule has 1 fully saturated rings. The van der Waals surface area contributed by atoms with E-state index in [-0.39, 0.29) is 11.9 Å². The Morgan fingerprint density at radius 1 is 0.792 bits per heavy atom. The quantitative estimate of drug-likeness (QED) is 0.211. The highest BCUT2D eigenvalue weighted by molar-refractivity contribution is 5.95. The highest BCUT2D eigenvalue weighted by Gasteiger charge is 2.42. The average Bonchev–Trinajstić information content (AvgIpc) is 3.12. The fraction of sp³-hybridized carbons (Fsp3) is 0.525. The minimum atomic E-state index is -0.0861. The van der Waals surface area contributed by atoms with Crippen LogP contribution in [0, 0.1) is 17.8 Å². The molecule has 8 heteroatoms. The Balaban J connectivity index is 1.34. The first-order chi connectivity index (χ1) is 23.3. The number of rotatable bonds is 11. The fourth-order valence-corrected chi connectivity index (χ4v) is 8.19. The Bertz CT molecular complexity index is 1590. The van der Waals surface area contributed by atoms with Gasteiger partial charge in [0.2, 0.25) is 0 Å². The molecule has 0 N–H and O–H groups in total. The fourth-order valence-electron chi connectivity index (χ4n) is 8.19. The van der Waals surface area contributed by atoms with Crippen LogP contribution in [0.1, 0.15) is 84.7 Å². The van der Waals surface area contributed by atoms with E-state index in [2.05, 4.69) is 54.8 Å². The maximum absolute atomic E-state index is 14.4. The van der Waals surface area contributed by atoms with Gasteiger partial charge in [0.1, 0.15) is 5.75 Å². The van der Waals surface area contributed by atoms with Crippen LogP contribution >= 0.6 is 0 Å².